The SMILES string of the molecule is O=C(Nc1ccc(Cl)c([N+](=O)[O-])c1)/C(=C\c1ccccc1)c1ccccc1. The van der Waals surface area contributed by atoms with Gasteiger partial charge in [-0.3, -0.25) is 14.9 Å². The maximum Gasteiger partial charge on any atom is 0.289 e. The predicted octanol–water partition coefficient (Wildman–Crippen LogP) is 5.43. The van der Waals surface area contributed by atoms with Crippen LogP contribution in [0.25, 0.3) is 11.6 Å². The van der Waals surface area contributed by atoms with E-state index in [1.165, 1.54) is 18.2 Å². The summed E-state index contributed by atoms with van der Waals surface area (Å²) in [5.41, 5.74) is 2.09. The van der Waals surface area contributed by atoms with Gasteiger partial charge in [-0.05, 0) is 29.3 Å². The van der Waals surface area contributed by atoms with Crippen LogP contribution in [-0.4, -0.2) is 10.8 Å². The number of nitro benzene ring substituents is 1. The summed E-state index contributed by atoms with van der Waals surface area (Å²) < 4.78 is 0. The predicted molar refractivity (Wildman–Crippen MR) is 107 cm³/mol. The van der Waals surface area contributed by atoms with Gasteiger partial charge in [-0.25, -0.2) is 0 Å². The standard InChI is InChI=1S/C21H15ClN2O3/c22-19-12-11-17(14-20(19)24(26)27)23-21(25)18(16-9-5-2-6-10-16)13-15-7-3-1-4-8-15/h1-14H,(H,23,25)/b18-13-. The highest BCUT2D eigenvalue weighted by molar-refractivity contribution is 6.33. The maximum atomic E-state index is 12.9. The molecule has 0 saturated carbocycles. The highest BCUT2D eigenvalue weighted by Gasteiger charge is 2.16. The minimum atomic E-state index is -0.587. The molecular weight excluding hydrogens is 364 g/mol. The molecule has 0 spiro atoms. The van der Waals surface area contributed by atoms with Gasteiger partial charge < -0.3 is 5.32 Å². The fraction of sp³-hybridized carbons (Fsp3) is 0. The third kappa shape index (κ3) is 4.59. The minimum absolute atomic E-state index is 0.0149. The number of hydrogen-bond acceptors (Lipinski definition) is 3. The molecule has 0 heterocycles. The number of nitrogens with zero attached hydrogens (tertiary/aromatic N) is 1. The summed E-state index contributed by atoms with van der Waals surface area (Å²) >= 11 is 5.83. The van der Waals surface area contributed by atoms with Gasteiger partial charge in [-0.1, -0.05) is 72.3 Å². The average molecular weight is 379 g/mol. The molecule has 1 N–H and O–H groups in total. The number of halogens is 1. The van der Waals surface area contributed by atoms with E-state index in [1.54, 1.807) is 6.08 Å². The molecule has 5 nitrogen and oxygen atoms in total. The van der Waals surface area contributed by atoms with Crippen LogP contribution in [0.4, 0.5) is 11.4 Å². The number of benzene rings is 3. The van der Waals surface area contributed by atoms with Gasteiger partial charge >= 0.3 is 0 Å². The van der Waals surface area contributed by atoms with Crippen molar-refractivity contribution >= 4 is 40.5 Å². The second kappa shape index (κ2) is 8.29. The van der Waals surface area contributed by atoms with E-state index in [4.69, 9.17) is 11.6 Å². The van der Waals surface area contributed by atoms with Crippen molar-refractivity contribution in [3.05, 3.63) is 105 Å². The van der Waals surface area contributed by atoms with Gasteiger partial charge in [0.25, 0.3) is 11.6 Å². The molecule has 0 radical (unpaired) electrons. The van der Waals surface area contributed by atoms with Crippen LogP contribution in [0, 0.1) is 10.1 Å². The van der Waals surface area contributed by atoms with E-state index in [2.05, 4.69) is 5.32 Å². The fourth-order valence-electron chi connectivity index (χ4n) is 2.54. The number of nitro groups is 1. The Kier molecular flexibility index (Phi) is 5.64. The van der Waals surface area contributed by atoms with Gasteiger partial charge in [0.15, 0.2) is 0 Å². The summed E-state index contributed by atoms with van der Waals surface area (Å²) in [5, 5.41) is 13.8. The second-order valence-corrected chi connectivity index (χ2v) is 6.12. The van der Waals surface area contributed by atoms with Crippen molar-refractivity contribution < 1.29 is 9.72 Å². The molecule has 1 amide bonds. The first-order valence-electron chi connectivity index (χ1n) is 8.12. The van der Waals surface area contributed by atoms with Crippen LogP contribution < -0.4 is 5.32 Å². The van der Waals surface area contributed by atoms with Crippen LogP contribution >= 0.6 is 11.6 Å². The van der Waals surface area contributed by atoms with Crippen LogP contribution in [0.5, 0.6) is 0 Å². The molecule has 0 unspecified atom stereocenters. The van der Waals surface area contributed by atoms with Crippen molar-refractivity contribution in [1.29, 1.82) is 0 Å². The molecule has 3 rings (SSSR count). The lowest BCUT2D eigenvalue weighted by molar-refractivity contribution is -0.384. The lowest BCUT2D eigenvalue weighted by atomic mass is 10.0. The lowest BCUT2D eigenvalue weighted by Crippen LogP contribution is -2.13. The molecule has 3 aromatic carbocycles. The van der Waals surface area contributed by atoms with Crippen molar-refractivity contribution in [2.45, 2.75) is 0 Å². The monoisotopic (exact) mass is 378 g/mol. The van der Waals surface area contributed by atoms with Crippen LogP contribution in [0.1, 0.15) is 11.1 Å². The number of carbonyl (C=O) groups is 1. The molecule has 0 fully saturated rings. The Morgan fingerprint density at radius 2 is 1.59 bits per heavy atom. The summed E-state index contributed by atoms with van der Waals surface area (Å²) in [6.45, 7) is 0. The van der Waals surface area contributed by atoms with Gasteiger partial charge in [-0.15, -0.1) is 0 Å². The highest BCUT2D eigenvalue weighted by atomic mass is 35.5. The van der Waals surface area contributed by atoms with Gasteiger partial charge in [0.1, 0.15) is 5.02 Å². The van der Waals surface area contributed by atoms with Gasteiger partial charge in [0.2, 0.25) is 0 Å². The molecule has 134 valence electrons. The number of rotatable bonds is 5. The molecule has 3 aromatic rings. The molecule has 6 heteroatoms. The van der Waals surface area contributed by atoms with Crippen LogP contribution in [0.2, 0.25) is 5.02 Å². The molecular formula is C21H15ClN2O3. The zero-order valence-corrected chi connectivity index (χ0v) is 14.9. The summed E-state index contributed by atoms with van der Waals surface area (Å²) in [6, 6.07) is 22.8. The zero-order valence-electron chi connectivity index (χ0n) is 14.1. The third-order valence-electron chi connectivity index (χ3n) is 3.84. The topological polar surface area (TPSA) is 72.2 Å². The zero-order chi connectivity index (χ0) is 19.2. The first-order chi connectivity index (χ1) is 13.0. The van der Waals surface area contributed by atoms with Crippen molar-refractivity contribution in [2.24, 2.45) is 0 Å². The first-order valence-corrected chi connectivity index (χ1v) is 8.50. The number of nitrogens with one attached hydrogen (secondary N) is 1. The summed E-state index contributed by atoms with van der Waals surface area (Å²) in [4.78, 5) is 23.4. The van der Waals surface area contributed by atoms with Crippen LogP contribution in [-0.2, 0) is 4.79 Å². The van der Waals surface area contributed by atoms with Crippen molar-refractivity contribution in [1.82, 2.24) is 0 Å². The van der Waals surface area contributed by atoms with Gasteiger partial charge in [0.05, 0.1) is 4.92 Å². The first kappa shape index (κ1) is 18.4. The average Bonchev–Trinajstić information content (AvgIpc) is 2.69. The molecule has 0 bridgehead atoms. The smallest absolute Gasteiger partial charge is 0.289 e. The molecule has 0 aliphatic rings. The summed E-state index contributed by atoms with van der Waals surface area (Å²) in [5.74, 6) is -0.373. The highest BCUT2D eigenvalue weighted by Crippen LogP contribution is 2.28. The number of anilines is 1. The molecule has 0 atom stereocenters. The Bertz CT molecular complexity index is 1000. The van der Waals surface area contributed by atoms with Crippen LogP contribution in [0.15, 0.2) is 78.9 Å². The van der Waals surface area contributed by atoms with E-state index >= 15 is 0 Å². The Labute approximate surface area is 161 Å². The van der Waals surface area contributed by atoms with Gasteiger partial charge in [0, 0.05) is 17.3 Å². The lowest BCUT2D eigenvalue weighted by Gasteiger charge is -2.10. The molecule has 0 aromatic heterocycles. The summed E-state index contributed by atoms with van der Waals surface area (Å²) in [7, 11) is 0. The number of carbonyl (C=O) groups excluding carboxylic acids is 1. The van der Waals surface area contributed by atoms with E-state index in [9.17, 15) is 14.9 Å². The molecule has 0 saturated heterocycles. The molecule has 27 heavy (non-hydrogen) atoms. The molecule has 0 aliphatic heterocycles. The normalized spacial score (nSPS) is 11.1. The number of hydrogen-bond donors (Lipinski definition) is 1. The minimum Gasteiger partial charge on any atom is -0.322 e. The molecule has 0 aliphatic carbocycles. The Morgan fingerprint density at radius 1 is 0.963 bits per heavy atom. The van der Waals surface area contributed by atoms with E-state index in [0.717, 1.165) is 11.1 Å². The quantitative estimate of drug-likeness (QED) is 0.278. The maximum absolute atomic E-state index is 12.9. The van der Waals surface area contributed by atoms with Crippen LogP contribution in [0.3, 0.4) is 0 Å². The Morgan fingerprint density at radius 3 is 2.22 bits per heavy atom. The van der Waals surface area contributed by atoms with E-state index in [1.807, 2.05) is 60.7 Å². The third-order valence-corrected chi connectivity index (χ3v) is 4.16. The number of amides is 1. The van der Waals surface area contributed by atoms with Crippen molar-refractivity contribution in [2.75, 3.05) is 5.32 Å². The second-order valence-electron chi connectivity index (χ2n) is 5.71. The van der Waals surface area contributed by atoms with E-state index in [0.29, 0.717) is 11.3 Å². The Hall–Kier alpha value is -3.44. The van der Waals surface area contributed by atoms with Crippen molar-refractivity contribution in [3.63, 3.8) is 0 Å². The van der Waals surface area contributed by atoms with Gasteiger partial charge in [-0.2, -0.15) is 0 Å². The summed E-state index contributed by atoms with van der Waals surface area (Å²) in [6.07, 6.45) is 1.77. The largest absolute Gasteiger partial charge is 0.322 e. The van der Waals surface area contributed by atoms with E-state index in [-0.39, 0.29) is 16.6 Å². The fourth-order valence-corrected chi connectivity index (χ4v) is 2.73. The van der Waals surface area contributed by atoms with E-state index < -0.39 is 4.92 Å². The van der Waals surface area contributed by atoms with Crippen molar-refractivity contribution in [3.8, 4) is 0 Å². The Balaban J connectivity index is 1.96.